The van der Waals surface area contributed by atoms with Crippen molar-refractivity contribution < 1.29 is 14.0 Å². The number of hydrogen-bond donors (Lipinski definition) is 2. The topological polar surface area (TPSA) is 64.3 Å². The third kappa shape index (κ3) is 3.12. The predicted octanol–water partition coefficient (Wildman–Crippen LogP) is 0.446. The second-order valence-corrected chi connectivity index (χ2v) is 2.58. The first kappa shape index (κ1) is 10.6. The molecule has 0 aliphatic rings. The molecule has 0 atom stereocenters. The number of benzene rings is 1. The van der Waals surface area contributed by atoms with Crippen LogP contribution in [0.2, 0.25) is 0 Å². The van der Waals surface area contributed by atoms with Gasteiger partial charge in [0.15, 0.2) is 0 Å². The van der Waals surface area contributed by atoms with Crippen molar-refractivity contribution in [1.29, 1.82) is 0 Å². The highest BCUT2D eigenvalue weighted by Crippen LogP contribution is 2.01. The molecule has 0 aliphatic heterocycles. The molecule has 0 bridgehead atoms. The van der Waals surface area contributed by atoms with E-state index in [0.29, 0.717) is 12.1 Å². The van der Waals surface area contributed by atoms with E-state index >= 15 is 0 Å². The lowest BCUT2D eigenvalue weighted by molar-refractivity contribution is 0.0343. The molecule has 0 aliphatic carbocycles. The molecule has 1 aromatic rings. The van der Waals surface area contributed by atoms with Crippen LogP contribution in [-0.2, 0) is 4.84 Å². The summed E-state index contributed by atoms with van der Waals surface area (Å²) in [7, 11) is 0. The van der Waals surface area contributed by atoms with Crippen molar-refractivity contribution in [2.75, 3.05) is 13.2 Å². The molecule has 1 aromatic carbocycles. The van der Waals surface area contributed by atoms with Gasteiger partial charge in [-0.2, -0.15) is 0 Å². The fourth-order valence-electron chi connectivity index (χ4n) is 0.836. The van der Waals surface area contributed by atoms with Gasteiger partial charge < -0.3 is 5.73 Å². The number of carbonyl (C=O) groups is 1. The Labute approximate surface area is 80.8 Å². The summed E-state index contributed by atoms with van der Waals surface area (Å²) >= 11 is 0. The third-order valence-corrected chi connectivity index (χ3v) is 1.49. The Balaban J connectivity index is 2.48. The molecule has 5 heteroatoms. The minimum Gasteiger partial charge on any atom is -0.328 e. The van der Waals surface area contributed by atoms with E-state index in [4.69, 9.17) is 10.6 Å². The molecule has 0 unspecified atom stereocenters. The SMILES string of the molecule is NCCONC(=O)c1ccc(F)cc1. The van der Waals surface area contributed by atoms with Crippen molar-refractivity contribution in [3.63, 3.8) is 0 Å². The van der Waals surface area contributed by atoms with E-state index < -0.39 is 5.91 Å². The fraction of sp³-hybridized carbons (Fsp3) is 0.222. The zero-order valence-electron chi connectivity index (χ0n) is 7.50. The third-order valence-electron chi connectivity index (χ3n) is 1.49. The van der Waals surface area contributed by atoms with E-state index in [9.17, 15) is 9.18 Å². The average Bonchev–Trinajstić information content (AvgIpc) is 2.19. The second-order valence-electron chi connectivity index (χ2n) is 2.58. The van der Waals surface area contributed by atoms with Crippen molar-refractivity contribution in [3.8, 4) is 0 Å². The Hall–Kier alpha value is -1.46. The number of carbonyl (C=O) groups excluding carboxylic acids is 1. The molecule has 1 rings (SSSR count). The lowest BCUT2D eigenvalue weighted by Crippen LogP contribution is -2.26. The molecular weight excluding hydrogens is 187 g/mol. The van der Waals surface area contributed by atoms with E-state index in [1.54, 1.807) is 0 Å². The molecule has 0 heterocycles. The number of nitrogens with two attached hydrogens (primary N) is 1. The van der Waals surface area contributed by atoms with Crippen LogP contribution in [-0.4, -0.2) is 19.1 Å². The van der Waals surface area contributed by atoms with Gasteiger partial charge >= 0.3 is 0 Å². The smallest absolute Gasteiger partial charge is 0.274 e. The van der Waals surface area contributed by atoms with E-state index in [0.717, 1.165) is 0 Å². The second kappa shape index (κ2) is 5.31. The van der Waals surface area contributed by atoms with E-state index in [1.165, 1.54) is 24.3 Å². The lowest BCUT2D eigenvalue weighted by Gasteiger charge is -2.03. The number of nitrogens with one attached hydrogen (secondary N) is 1. The largest absolute Gasteiger partial charge is 0.328 e. The van der Waals surface area contributed by atoms with Gasteiger partial charge in [-0.05, 0) is 24.3 Å². The Morgan fingerprint density at radius 2 is 2.07 bits per heavy atom. The molecule has 0 spiro atoms. The summed E-state index contributed by atoms with van der Waals surface area (Å²) in [6, 6.07) is 5.16. The zero-order valence-corrected chi connectivity index (χ0v) is 7.50. The average molecular weight is 198 g/mol. The van der Waals surface area contributed by atoms with Gasteiger partial charge in [0.1, 0.15) is 5.82 Å². The van der Waals surface area contributed by atoms with Crippen LogP contribution in [0.15, 0.2) is 24.3 Å². The maximum atomic E-state index is 12.5. The van der Waals surface area contributed by atoms with Crippen molar-refractivity contribution in [2.24, 2.45) is 5.73 Å². The molecule has 14 heavy (non-hydrogen) atoms. The van der Waals surface area contributed by atoms with Crippen LogP contribution in [0.3, 0.4) is 0 Å². The minimum absolute atomic E-state index is 0.243. The number of rotatable bonds is 4. The van der Waals surface area contributed by atoms with Crippen LogP contribution in [0.4, 0.5) is 4.39 Å². The molecule has 0 saturated heterocycles. The monoisotopic (exact) mass is 198 g/mol. The number of halogens is 1. The summed E-state index contributed by atoms with van der Waals surface area (Å²) in [4.78, 5) is 15.9. The molecule has 0 fully saturated rings. The number of hydroxylamine groups is 1. The summed E-state index contributed by atoms with van der Waals surface area (Å²) < 4.78 is 12.5. The Morgan fingerprint density at radius 1 is 1.43 bits per heavy atom. The molecule has 0 saturated carbocycles. The van der Waals surface area contributed by atoms with E-state index in [1.807, 2.05) is 0 Å². The van der Waals surface area contributed by atoms with Crippen molar-refractivity contribution in [1.82, 2.24) is 5.48 Å². The van der Waals surface area contributed by atoms with E-state index in [-0.39, 0.29) is 12.4 Å². The van der Waals surface area contributed by atoms with Gasteiger partial charge in [-0.15, -0.1) is 0 Å². The highest BCUT2D eigenvalue weighted by atomic mass is 19.1. The normalized spacial score (nSPS) is 9.86. The summed E-state index contributed by atoms with van der Waals surface area (Å²) in [6.07, 6.45) is 0. The molecule has 0 aromatic heterocycles. The van der Waals surface area contributed by atoms with Gasteiger partial charge in [-0.1, -0.05) is 0 Å². The fourth-order valence-corrected chi connectivity index (χ4v) is 0.836. The van der Waals surface area contributed by atoms with Gasteiger partial charge in [0.2, 0.25) is 0 Å². The van der Waals surface area contributed by atoms with Crippen molar-refractivity contribution in [3.05, 3.63) is 35.6 Å². The Morgan fingerprint density at radius 3 is 2.64 bits per heavy atom. The predicted molar refractivity (Wildman–Crippen MR) is 48.9 cm³/mol. The first-order valence-electron chi connectivity index (χ1n) is 4.12. The van der Waals surface area contributed by atoms with Crippen LogP contribution in [0, 0.1) is 5.82 Å². The molecule has 1 amide bonds. The Kier molecular flexibility index (Phi) is 4.03. The van der Waals surface area contributed by atoms with Crippen LogP contribution >= 0.6 is 0 Å². The Bertz CT molecular complexity index is 300. The zero-order chi connectivity index (χ0) is 10.4. The van der Waals surface area contributed by atoms with Gasteiger partial charge in [0.05, 0.1) is 6.61 Å². The van der Waals surface area contributed by atoms with Crippen molar-refractivity contribution >= 4 is 5.91 Å². The maximum Gasteiger partial charge on any atom is 0.274 e. The standard InChI is InChI=1S/C9H11FN2O2/c10-8-3-1-7(2-4-8)9(13)12-14-6-5-11/h1-4H,5-6,11H2,(H,12,13). The molecule has 76 valence electrons. The molecular formula is C9H11FN2O2. The maximum absolute atomic E-state index is 12.5. The van der Waals surface area contributed by atoms with Gasteiger partial charge in [-0.3, -0.25) is 9.63 Å². The van der Waals surface area contributed by atoms with E-state index in [2.05, 4.69) is 5.48 Å². The van der Waals surface area contributed by atoms with Crippen molar-refractivity contribution in [2.45, 2.75) is 0 Å². The molecule has 4 nitrogen and oxygen atoms in total. The van der Waals surface area contributed by atoms with Crippen LogP contribution in [0.25, 0.3) is 0 Å². The summed E-state index contributed by atoms with van der Waals surface area (Å²) in [6.45, 7) is 0.566. The number of amides is 1. The quantitative estimate of drug-likeness (QED) is 0.545. The summed E-state index contributed by atoms with van der Waals surface area (Å²) in [5, 5.41) is 0. The van der Waals surface area contributed by atoms with Crippen LogP contribution < -0.4 is 11.2 Å². The minimum atomic E-state index is -0.418. The lowest BCUT2D eigenvalue weighted by atomic mass is 10.2. The van der Waals surface area contributed by atoms with Gasteiger partial charge in [0, 0.05) is 12.1 Å². The highest BCUT2D eigenvalue weighted by Gasteiger charge is 2.04. The first-order valence-corrected chi connectivity index (χ1v) is 4.12. The summed E-state index contributed by atoms with van der Waals surface area (Å²) in [5.41, 5.74) is 7.66. The molecule has 0 radical (unpaired) electrons. The first-order chi connectivity index (χ1) is 6.74. The van der Waals surface area contributed by atoms with Gasteiger partial charge in [-0.25, -0.2) is 9.87 Å². The van der Waals surface area contributed by atoms with Crippen LogP contribution in [0.1, 0.15) is 10.4 Å². The highest BCUT2D eigenvalue weighted by molar-refractivity contribution is 5.93. The summed E-state index contributed by atoms with van der Waals surface area (Å²) in [5.74, 6) is -0.803. The number of hydrogen-bond acceptors (Lipinski definition) is 3. The van der Waals surface area contributed by atoms with Gasteiger partial charge in [0.25, 0.3) is 5.91 Å². The molecule has 3 N–H and O–H groups in total. The van der Waals surface area contributed by atoms with Crippen LogP contribution in [0.5, 0.6) is 0 Å².